The number of amides is 2. The summed E-state index contributed by atoms with van der Waals surface area (Å²) in [5.41, 5.74) is 0.606. The van der Waals surface area contributed by atoms with E-state index in [-0.39, 0.29) is 23.5 Å². The van der Waals surface area contributed by atoms with E-state index in [1.165, 1.54) is 18.9 Å². The fraction of sp³-hybridized carbons (Fsp3) is 0.667. The van der Waals surface area contributed by atoms with Crippen LogP contribution in [0.3, 0.4) is 0 Å². The first kappa shape index (κ1) is 23.5. The molecule has 2 saturated heterocycles. The van der Waals surface area contributed by atoms with Gasteiger partial charge in [-0.25, -0.2) is 4.39 Å². The van der Waals surface area contributed by atoms with Crippen molar-refractivity contribution in [3.63, 3.8) is 0 Å². The Morgan fingerprint density at radius 2 is 1.84 bits per heavy atom. The van der Waals surface area contributed by atoms with Crippen LogP contribution in [-0.4, -0.2) is 74.0 Å². The minimum atomic E-state index is -0.217. The molecule has 1 aromatic rings. The van der Waals surface area contributed by atoms with Crippen LogP contribution in [-0.2, 0) is 9.59 Å². The highest BCUT2D eigenvalue weighted by atomic mass is 19.1. The van der Waals surface area contributed by atoms with E-state index in [4.69, 9.17) is 0 Å². The molecule has 0 aliphatic carbocycles. The van der Waals surface area contributed by atoms with E-state index in [9.17, 15) is 14.0 Å². The van der Waals surface area contributed by atoms with Gasteiger partial charge in [-0.2, -0.15) is 0 Å². The lowest BCUT2D eigenvalue weighted by molar-refractivity contribution is -0.135. The van der Waals surface area contributed by atoms with Gasteiger partial charge in [-0.15, -0.1) is 0 Å². The Morgan fingerprint density at radius 3 is 2.58 bits per heavy atom. The van der Waals surface area contributed by atoms with Crippen molar-refractivity contribution in [2.24, 2.45) is 5.92 Å². The smallest absolute Gasteiger partial charge is 0.236 e. The van der Waals surface area contributed by atoms with Crippen LogP contribution in [0.5, 0.6) is 0 Å². The Balaban J connectivity index is 1.40. The van der Waals surface area contributed by atoms with E-state index >= 15 is 0 Å². The Kier molecular flexibility index (Phi) is 9.13. The van der Waals surface area contributed by atoms with Crippen LogP contribution in [0.1, 0.15) is 45.4 Å². The van der Waals surface area contributed by atoms with E-state index in [0.717, 1.165) is 38.8 Å². The number of anilines is 1. The van der Waals surface area contributed by atoms with Crippen molar-refractivity contribution in [2.45, 2.75) is 45.4 Å². The maximum atomic E-state index is 14.0. The predicted molar refractivity (Wildman–Crippen MR) is 122 cm³/mol. The lowest BCUT2D eigenvalue weighted by Gasteiger charge is -2.38. The molecule has 1 N–H and O–H groups in total. The van der Waals surface area contributed by atoms with Gasteiger partial charge in [0.1, 0.15) is 5.82 Å². The van der Waals surface area contributed by atoms with E-state index in [2.05, 4.69) is 17.1 Å². The number of carbonyl (C=O) groups excluding carboxylic acids is 2. The Labute approximate surface area is 185 Å². The first-order valence-corrected chi connectivity index (χ1v) is 11.9. The second-order valence-electron chi connectivity index (χ2n) is 8.75. The zero-order chi connectivity index (χ0) is 22.1. The minimum Gasteiger partial charge on any atom is -0.366 e. The van der Waals surface area contributed by atoms with E-state index in [0.29, 0.717) is 45.0 Å². The molecule has 2 fully saturated rings. The number of piperazine rings is 1. The van der Waals surface area contributed by atoms with Crippen molar-refractivity contribution in [3.8, 4) is 0 Å². The molecule has 1 unspecified atom stereocenters. The molecule has 0 bridgehead atoms. The molecule has 2 aliphatic rings. The molecule has 172 valence electrons. The maximum absolute atomic E-state index is 14.0. The molecule has 2 amide bonds. The molecule has 7 heteroatoms. The summed E-state index contributed by atoms with van der Waals surface area (Å²) >= 11 is 0. The van der Waals surface area contributed by atoms with Crippen LogP contribution >= 0.6 is 0 Å². The number of piperidine rings is 1. The normalized spacial score (nSPS) is 20.0. The number of rotatable bonds is 9. The molecular formula is C24H37FN4O2. The molecule has 3 rings (SSSR count). The van der Waals surface area contributed by atoms with Crippen LogP contribution in [0, 0.1) is 11.7 Å². The third-order valence-electron chi connectivity index (χ3n) is 6.39. The van der Waals surface area contributed by atoms with Crippen LogP contribution in [0.2, 0.25) is 0 Å². The summed E-state index contributed by atoms with van der Waals surface area (Å²) in [5, 5.41) is 3.08. The van der Waals surface area contributed by atoms with Gasteiger partial charge in [-0.3, -0.25) is 14.5 Å². The second-order valence-corrected chi connectivity index (χ2v) is 8.75. The monoisotopic (exact) mass is 432 g/mol. The van der Waals surface area contributed by atoms with Gasteiger partial charge in [0.2, 0.25) is 11.8 Å². The molecule has 2 heterocycles. The highest BCUT2D eigenvalue weighted by Crippen LogP contribution is 2.21. The zero-order valence-electron chi connectivity index (χ0n) is 18.8. The van der Waals surface area contributed by atoms with Gasteiger partial charge in [0.25, 0.3) is 0 Å². The number of benzene rings is 1. The Hall–Kier alpha value is -2.15. The molecule has 1 atom stereocenters. The first-order chi connectivity index (χ1) is 15.1. The summed E-state index contributed by atoms with van der Waals surface area (Å²) in [6, 6.07) is 6.79. The molecule has 0 saturated carbocycles. The topological polar surface area (TPSA) is 55.9 Å². The summed E-state index contributed by atoms with van der Waals surface area (Å²) in [5.74, 6) is -0.00291. The fourth-order valence-corrected chi connectivity index (χ4v) is 4.52. The number of unbranched alkanes of at least 4 members (excludes halogenated alkanes) is 3. The predicted octanol–water partition coefficient (Wildman–Crippen LogP) is 2.88. The summed E-state index contributed by atoms with van der Waals surface area (Å²) < 4.78 is 14.0. The van der Waals surface area contributed by atoms with Crippen molar-refractivity contribution in [2.75, 3.05) is 57.3 Å². The van der Waals surface area contributed by atoms with Gasteiger partial charge >= 0.3 is 0 Å². The molecular weight excluding hydrogens is 395 g/mol. The number of para-hydroxylation sites is 1. The summed E-state index contributed by atoms with van der Waals surface area (Å²) in [7, 11) is 0. The SMILES string of the molecule is CCCCCCNC(=O)C1CCCN(CC(=O)N2CCN(c3ccccc3F)CC2)C1. The third kappa shape index (κ3) is 6.92. The average Bonchev–Trinajstić information content (AvgIpc) is 2.79. The molecule has 0 radical (unpaired) electrons. The van der Waals surface area contributed by atoms with Crippen molar-refractivity contribution in [1.82, 2.24) is 15.1 Å². The lowest BCUT2D eigenvalue weighted by Crippen LogP contribution is -2.53. The summed E-state index contributed by atoms with van der Waals surface area (Å²) in [6.07, 6.45) is 6.44. The van der Waals surface area contributed by atoms with Crippen molar-refractivity contribution >= 4 is 17.5 Å². The quantitative estimate of drug-likeness (QED) is 0.610. The summed E-state index contributed by atoms with van der Waals surface area (Å²) in [4.78, 5) is 31.3. The third-order valence-corrected chi connectivity index (χ3v) is 6.39. The van der Waals surface area contributed by atoms with Crippen LogP contribution < -0.4 is 10.2 Å². The van der Waals surface area contributed by atoms with Crippen molar-refractivity contribution < 1.29 is 14.0 Å². The standard InChI is InChI=1S/C24H37FN4O2/c1-2-3-4-7-12-26-24(31)20-9-8-13-27(18-20)19-23(30)29-16-14-28(15-17-29)22-11-6-5-10-21(22)25/h5-6,10-11,20H,2-4,7-9,12-19H2,1H3,(H,26,31). The van der Waals surface area contributed by atoms with E-state index in [1.54, 1.807) is 12.1 Å². The van der Waals surface area contributed by atoms with E-state index in [1.807, 2.05) is 15.9 Å². The Morgan fingerprint density at radius 1 is 1.06 bits per heavy atom. The fourth-order valence-electron chi connectivity index (χ4n) is 4.52. The second kappa shape index (κ2) is 12.0. The highest BCUT2D eigenvalue weighted by molar-refractivity contribution is 5.80. The van der Waals surface area contributed by atoms with Crippen molar-refractivity contribution in [3.05, 3.63) is 30.1 Å². The van der Waals surface area contributed by atoms with Gasteiger partial charge in [0.15, 0.2) is 0 Å². The van der Waals surface area contributed by atoms with Crippen molar-refractivity contribution in [1.29, 1.82) is 0 Å². The molecule has 31 heavy (non-hydrogen) atoms. The number of hydrogen-bond donors (Lipinski definition) is 1. The number of halogens is 1. The van der Waals surface area contributed by atoms with Crippen LogP contribution in [0.15, 0.2) is 24.3 Å². The zero-order valence-corrected chi connectivity index (χ0v) is 18.8. The van der Waals surface area contributed by atoms with E-state index < -0.39 is 0 Å². The number of nitrogens with one attached hydrogen (secondary N) is 1. The minimum absolute atomic E-state index is 0.0226. The average molecular weight is 433 g/mol. The van der Waals surface area contributed by atoms with Gasteiger partial charge < -0.3 is 15.1 Å². The first-order valence-electron chi connectivity index (χ1n) is 11.9. The van der Waals surface area contributed by atoms with Gasteiger partial charge in [0, 0.05) is 39.3 Å². The molecule has 6 nitrogen and oxygen atoms in total. The number of likely N-dealkylation sites (tertiary alicyclic amines) is 1. The van der Waals surface area contributed by atoms with Gasteiger partial charge in [-0.1, -0.05) is 38.3 Å². The van der Waals surface area contributed by atoms with Crippen LogP contribution in [0.25, 0.3) is 0 Å². The molecule has 0 spiro atoms. The number of carbonyl (C=O) groups is 2. The number of hydrogen-bond acceptors (Lipinski definition) is 4. The summed E-state index contributed by atoms with van der Waals surface area (Å²) in [6.45, 7) is 7.28. The molecule has 0 aromatic heterocycles. The van der Waals surface area contributed by atoms with Gasteiger partial charge in [-0.05, 0) is 37.9 Å². The largest absolute Gasteiger partial charge is 0.366 e. The van der Waals surface area contributed by atoms with Gasteiger partial charge in [0.05, 0.1) is 18.2 Å². The van der Waals surface area contributed by atoms with Crippen LogP contribution in [0.4, 0.5) is 10.1 Å². The molecule has 2 aliphatic heterocycles. The lowest BCUT2D eigenvalue weighted by atomic mass is 9.97. The maximum Gasteiger partial charge on any atom is 0.236 e. The highest BCUT2D eigenvalue weighted by Gasteiger charge is 2.29. The number of nitrogens with zero attached hydrogens (tertiary/aromatic N) is 3. The molecule has 1 aromatic carbocycles. The Bertz CT molecular complexity index is 721.